The molecule has 2 heterocycles. The number of nitrogens with zero attached hydrogens (tertiary/aromatic N) is 4. The van der Waals surface area contributed by atoms with E-state index >= 15 is 0 Å². The fourth-order valence-corrected chi connectivity index (χ4v) is 2.81. The minimum Gasteiger partial charge on any atom is -0.368 e. The molecule has 2 aromatic heterocycles. The minimum atomic E-state index is -1.69. The van der Waals surface area contributed by atoms with Crippen molar-refractivity contribution >= 4 is 74.4 Å². The van der Waals surface area contributed by atoms with Gasteiger partial charge in [-0.25, -0.2) is 9.97 Å². The number of hydrogen-bond acceptors (Lipinski definition) is 4. The Labute approximate surface area is 148 Å². The summed E-state index contributed by atoms with van der Waals surface area (Å²) in [6, 6.07) is 7.40. The molecule has 21 heavy (non-hydrogen) atoms. The van der Waals surface area contributed by atoms with Crippen molar-refractivity contribution in [3.8, 4) is 5.82 Å². The molecule has 2 N–H and O–H groups in total. The van der Waals surface area contributed by atoms with Gasteiger partial charge in [-0.05, 0) is 46.9 Å². The normalized spacial score (nSPS) is 12.0. The number of nitrogen functional groups attached to an aromatic ring is 1. The van der Waals surface area contributed by atoms with Crippen LogP contribution in [-0.2, 0) is 3.79 Å². The predicted octanol–water partition coefficient (Wildman–Crippen LogP) is 3.83. The molecule has 0 amide bonds. The third kappa shape index (κ3) is 2.90. The Hall–Kier alpha value is -0.830. The van der Waals surface area contributed by atoms with Crippen molar-refractivity contribution in [1.29, 1.82) is 0 Å². The second kappa shape index (κ2) is 5.42. The van der Waals surface area contributed by atoms with Crippen LogP contribution in [0.15, 0.2) is 30.5 Å². The van der Waals surface area contributed by atoms with Crippen LogP contribution in [0.1, 0.15) is 5.82 Å². The van der Waals surface area contributed by atoms with Gasteiger partial charge in [-0.2, -0.15) is 4.98 Å². The highest BCUT2D eigenvalue weighted by molar-refractivity contribution is 14.1. The van der Waals surface area contributed by atoms with Crippen LogP contribution >= 0.6 is 57.4 Å². The van der Waals surface area contributed by atoms with Crippen LogP contribution in [0.25, 0.3) is 16.9 Å². The lowest BCUT2D eigenvalue weighted by Crippen LogP contribution is -2.12. The topological polar surface area (TPSA) is 69.6 Å². The average molecular weight is 454 g/mol. The summed E-state index contributed by atoms with van der Waals surface area (Å²) >= 11 is 20.3. The van der Waals surface area contributed by atoms with Crippen molar-refractivity contribution in [2.75, 3.05) is 5.73 Å². The summed E-state index contributed by atoms with van der Waals surface area (Å²) < 4.78 is 1.01. The molecule has 108 valence electrons. The number of alkyl halides is 3. The predicted molar refractivity (Wildman–Crippen MR) is 93.0 cm³/mol. The van der Waals surface area contributed by atoms with Gasteiger partial charge in [0.1, 0.15) is 5.82 Å². The minimum absolute atomic E-state index is 0.134. The Kier molecular flexibility index (Phi) is 3.89. The molecule has 9 heteroatoms. The zero-order chi connectivity index (χ0) is 15.2. The summed E-state index contributed by atoms with van der Waals surface area (Å²) in [5.41, 5.74) is 7.12. The number of rotatable bonds is 1. The summed E-state index contributed by atoms with van der Waals surface area (Å²) in [7, 11) is 0. The summed E-state index contributed by atoms with van der Waals surface area (Å²) in [5.74, 6) is 0.881. The third-order valence-electron chi connectivity index (χ3n) is 2.76. The Morgan fingerprint density at radius 2 is 1.90 bits per heavy atom. The second-order valence-electron chi connectivity index (χ2n) is 4.17. The van der Waals surface area contributed by atoms with Crippen molar-refractivity contribution in [3.63, 3.8) is 0 Å². The molecular weight excluding hydrogens is 447 g/mol. The van der Waals surface area contributed by atoms with E-state index in [-0.39, 0.29) is 11.8 Å². The summed E-state index contributed by atoms with van der Waals surface area (Å²) in [6.07, 6.45) is 1.54. The molecule has 0 spiro atoms. The fraction of sp³-hybridized carbons (Fsp3) is 0.0833. The number of fused-ring (bicyclic) bond motifs is 1. The first-order valence-electron chi connectivity index (χ1n) is 5.70. The lowest BCUT2D eigenvalue weighted by molar-refractivity contribution is 0.898. The number of benzene rings is 1. The van der Waals surface area contributed by atoms with E-state index in [1.54, 1.807) is 16.8 Å². The van der Waals surface area contributed by atoms with Gasteiger partial charge < -0.3 is 5.73 Å². The van der Waals surface area contributed by atoms with E-state index in [1.807, 2.05) is 18.2 Å². The molecule has 3 rings (SSSR count). The first-order chi connectivity index (χ1) is 9.86. The summed E-state index contributed by atoms with van der Waals surface area (Å²) in [4.78, 5) is 12.4. The van der Waals surface area contributed by atoms with E-state index in [0.717, 1.165) is 9.09 Å². The molecule has 0 aliphatic carbocycles. The number of imidazole rings is 1. The third-order valence-corrected chi connectivity index (χ3v) is 3.94. The van der Waals surface area contributed by atoms with Crippen LogP contribution in [0.3, 0.4) is 0 Å². The molecule has 0 bridgehead atoms. The highest BCUT2D eigenvalue weighted by Crippen LogP contribution is 2.40. The molecule has 1 aromatic carbocycles. The summed E-state index contributed by atoms with van der Waals surface area (Å²) in [6.45, 7) is 0. The monoisotopic (exact) mass is 453 g/mol. The molecule has 0 saturated carbocycles. The maximum absolute atomic E-state index is 6.04. The highest BCUT2D eigenvalue weighted by Gasteiger charge is 2.31. The van der Waals surface area contributed by atoms with E-state index in [0.29, 0.717) is 11.3 Å². The van der Waals surface area contributed by atoms with Crippen LogP contribution in [0, 0.1) is 3.57 Å². The van der Waals surface area contributed by atoms with Gasteiger partial charge in [0.25, 0.3) is 0 Å². The SMILES string of the molecule is Nc1nccc(-n2c(C(Cl)(Cl)Cl)nc3ccc(I)cc32)n1. The fourth-order valence-electron chi connectivity index (χ4n) is 1.96. The number of aromatic nitrogens is 4. The van der Waals surface area contributed by atoms with Crippen molar-refractivity contribution < 1.29 is 0 Å². The van der Waals surface area contributed by atoms with Gasteiger partial charge in [0.2, 0.25) is 9.74 Å². The van der Waals surface area contributed by atoms with Crippen molar-refractivity contribution in [2.24, 2.45) is 0 Å². The first kappa shape index (κ1) is 15.1. The number of nitrogens with two attached hydrogens (primary N) is 1. The van der Waals surface area contributed by atoms with Gasteiger partial charge in [0, 0.05) is 9.77 Å². The Morgan fingerprint density at radius 1 is 1.14 bits per heavy atom. The highest BCUT2D eigenvalue weighted by atomic mass is 127. The Balaban J connectivity index is 2.40. The lowest BCUT2D eigenvalue weighted by Gasteiger charge is -2.13. The van der Waals surface area contributed by atoms with E-state index < -0.39 is 3.79 Å². The molecule has 0 atom stereocenters. The zero-order valence-electron chi connectivity index (χ0n) is 10.3. The average Bonchev–Trinajstić information content (AvgIpc) is 2.77. The van der Waals surface area contributed by atoms with Crippen LogP contribution in [0.4, 0.5) is 5.95 Å². The first-order valence-corrected chi connectivity index (χ1v) is 7.91. The molecule has 0 radical (unpaired) electrons. The Bertz CT molecular complexity index is 827. The standard InChI is InChI=1S/C12H7Cl3IN5/c13-12(14,15)10-19-7-2-1-6(16)5-8(7)21(10)9-3-4-18-11(17)20-9/h1-5H,(H2,17,18,20). The van der Waals surface area contributed by atoms with Gasteiger partial charge in [-0.15, -0.1) is 0 Å². The molecule has 0 aliphatic rings. The Morgan fingerprint density at radius 3 is 2.57 bits per heavy atom. The largest absolute Gasteiger partial charge is 0.368 e. The molecule has 0 unspecified atom stereocenters. The quantitative estimate of drug-likeness (QED) is 0.448. The van der Waals surface area contributed by atoms with Gasteiger partial charge in [0.15, 0.2) is 5.82 Å². The molecule has 0 aliphatic heterocycles. The van der Waals surface area contributed by atoms with Crippen LogP contribution in [0.5, 0.6) is 0 Å². The van der Waals surface area contributed by atoms with E-state index in [4.69, 9.17) is 40.5 Å². The number of anilines is 1. The maximum Gasteiger partial charge on any atom is 0.248 e. The summed E-state index contributed by atoms with van der Waals surface area (Å²) in [5, 5.41) is 0. The van der Waals surface area contributed by atoms with Crippen molar-refractivity contribution in [2.45, 2.75) is 3.79 Å². The molecule has 0 fully saturated rings. The maximum atomic E-state index is 6.04. The van der Waals surface area contributed by atoms with Crippen molar-refractivity contribution in [1.82, 2.24) is 19.5 Å². The zero-order valence-corrected chi connectivity index (χ0v) is 14.7. The van der Waals surface area contributed by atoms with Gasteiger partial charge >= 0.3 is 0 Å². The van der Waals surface area contributed by atoms with Crippen molar-refractivity contribution in [3.05, 3.63) is 39.9 Å². The van der Waals surface area contributed by atoms with Crippen LogP contribution < -0.4 is 5.73 Å². The second-order valence-corrected chi connectivity index (χ2v) is 7.70. The van der Waals surface area contributed by atoms with Crippen LogP contribution in [0.2, 0.25) is 0 Å². The number of hydrogen-bond donors (Lipinski definition) is 1. The molecular formula is C12H7Cl3IN5. The van der Waals surface area contributed by atoms with Crippen LogP contribution in [-0.4, -0.2) is 19.5 Å². The van der Waals surface area contributed by atoms with Gasteiger partial charge in [-0.3, -0.25) is 4.57 Å². The molecule has 0 saturated heterocycles. The number of halogens is 4. The van der Waals surface area contributed by atoms with Gasteiger partial charge in [-0.1, -0.05) is 34.8 Å². The smallest absolute Gasteiger partial charge is 0.248 e. The van der Waals surface area contributed by atoms with E-state index in [9.17, 15) is 0 Å². The van der Waals surface area contributed by atoms with E-state index in [2.05, 4.69) is 37.5 Å². The molecule has 3 aromatic rings. The molecule has 5 nitrogen and oxygen atoms in total. The van der Waals surface area contributed by atoms with Gasteiger partial charge in [0.05, 0.1) is 11.0 Å². The van der Waals surface area contributed by atoms with E-state index in [1.165, 1.54) is 0 Å². The lowest BCUT2D eigenvalue weighted by atomic mass is 10.3.